The molecule has 9 nitrogen and oxygen atoms in total. The number of benzene rings is 2. The van der Waals surface area contributed by atoms with Gasteiger partial charge in [-0.2, -0.15) is 0 Å². The van der Waals surface area contributed by atoms with Crippen LogP contribution in [0.5, 0.6) is 5.75 Å². The Morgan fingerprint density at radius 1 is 1.10 bits per heavy atom. The SMILES string of the molecule is COc1ccc(NC(=O)C2N([C@@H](CO)CC(C)C)C(=O)[C@@H]3[C@@H](C(=O)NCc4ccccc4)[C@@]4(C)CCC23O4)cc1. The number of ether oxygens (including phenoxy) is 2. The van der Waals surface area contributed by atoms with Crippen molar-refractivity contribution in [2.24, 2.45) is 17.8 Å². The van der Waals surface area contributed by atoms with Crippen molar-refractivity contribution < 1.29 is 29.0 Å². The lowest BCUT2D eigenvalue weighted by molar-refractivity contribution is -0.148. The Labute approximate surface area is 235 Å². The highest BCUT2D eigenvalue weighted by Crippen LogP contribution is 2.63. The molecule has 40 heavy (non-hydrogen) atoms. The maximum absolute atomic E-state index is 14.3. The lowest BCUT2D eigenvalue weighted by atomic mass is 9.66. The molecule has 3 fully saturated rings. The number of amides is 3. The highest BCUT2D eigenvalue weighted by atomic mass is 16.5. The maximum atomic E-state index is 14.3. The monoisotopic (exact) mass is 549 g/mol. The first-order chi connectivity index (χ1) is 19.1. The van der Waals surface area contributed by atoms with Gasteiger partial charge in [0.05, 0.1) is 37.2 Å². The first kappa shape index (κ1) is 28.1. The Balaban J connectivity index is 1.49. The molecule has 3 heterocycles. The molecule has 6 atom stereocenters. The number of carbonyl (C=O) groups is 3. The number of methoxy groups -OCH3 is 1. The molecule has 3 aliphatic rings. The largest absolute Gasteiger partial charge is 0.497 e. The molecule has 5 rings (SSSR count). The van der Waals surface area contributed by atoms with Crippen LogP contribution in [0.3, 0.4) is 0 Å². The molecule has 2 bridgehead atoms. The van der Waals surface area contributed by atoms with E-state index in [1.54, 1.807) is 31.4 Å². The van der Waals surface area contributed by atoms with Gasteiger partial charge in [0.15, 0.2) is 0 Å². The van der Waals surface area contributed by atoms with Crippen molar-refractivity contribution in [2.75, 3.05) is 19.0 Å². The minimum absolute atomic E-state index is 0.174. The molecule has 2 aromatic rings. The summed E-state index contributed by atoms with van der Waals surface area (Å²) in [5, 5.41) is 16.4. The molecule has 3 aliphatic heterocycles. The minimum atomic E-state index is -1.17. The molecule has 3 N–H and O–H groups in total. The molecule has 0 aromatic heterocycles. The summed E-state index contributed by atoms with van der Waals surface area (Å²) in [7, 11) is 1.57. The molecule has 214 valence electrons. The predicted octanol–water partition coefficient (Wildman–Crippen LogP) is 3.12. The average molecular weight is 550 g/mol. The average Bonchev–Trinajstić information content (AvgIpc) is 3.52. The molecule has 3 saturated heterocycles. The van der Waals surface area contributed by atoms with Crippen molar-refractivity contribution in [3.63, 3.8) is 0 Å². The van der Waals surface area contributed by atoms with Crippen molar-refractivity contribution in [3.05, 3.63) is 60.2 Å². The van der Waals surface area contributed by atoms with Crippen molar-refractivity contribution in [1.29, 1.82) is 0 Å². The fourth-order valence-corrected chi connectivity index (χ4v) is 7.06. The van der Waals surface area contributed by atoms with Gasteiger partial charge in [-0.1, -0.05) is 44.2 Å². The molecule has 0 radical (unpaired) electrons. The summed E-state index contributed by atoms with van der Waals surface area (Å²) in [5.74, 6) is -1.70. The second-order valence-corrected chi connectivity index (χ2v) is 11.9. The summed E-state index contributed by atoms with van der Waals surface area (Å²) >= 11 is 0. The van der Waals surface area contributed by atoms with Crippen molar-refractivity contribution in [2.45, 2.75) is 69.9 Å². The van der Waals surface area contributed by atoms with E-state index >= 15 is 0 Å². The summed E-state index contributed by atoms with van der Waals surface area (Å²) in [6.07, 6.45) is 1.53. The number of fused-ring (bicyclic) bond motifs is 1. The number of aliphatic hydroxyl groups excluding tert-OH is 1. The van der Waals surface area contributed by atoms with Crippen molar-refractivity contribution in [3.8, 4) is 5.75 Å². The smallest absolute Gasteiger partial charge is 0.250 e. The fourth-order valence-electron chi connectivity index (χ4n) is 7.06. The second-order valence-electron chi connectivity index (χ2n) is 11.9. The molecule has 0 saturated carbocycles. The van der Waals surface area contributed by atoms with Crippen LogP contribution in [-0.4, -0.2) is 64.7 Å². The highest BCUT2D eigenvalue weighted by molar-refractivity contribution is 6.04. The first-order valence-corrected chi connectivity index (χ1v) is 14.0. The van der Waals surface area contributed by atoms with Crippen LogP contribution in [-0.2, 0) is 25.7 Å². The Kier molecular flexibility index (Phi) is 7.63. The maximum Gasteiger partial charge on any atom is 0.250 e. The van der Waals surface area contributed by atoms with Gasteiger partial charge in [0.1, 0.15) is 17.4 Å². The Hall–Kier alpha value is -3.43. The molecule has 0 aliphatic carbocycles. The van der Waals surface area contributed by atoms with Gasteiger partial charge in [0.25, 0.3) is 0 Å². The summed E-state index contributed by atoms with van der Waals surface area (Å²) in [6.45, 7) is 5.94. The third-order valence-corrected chi connectivity index (χ3v) is 8.76. The van der Waals surface area contributed by atoms with E-state index in [2.05, 4.69) is 10.6 Å². The number of carbonyl (C=O) groups excluding carboxylic acids is 3. The zero-order chi connectivity index (χ0) is 28.7. The van der Waals surface area contributed by atoms with Crippen molar-refractivity contribution in [1.82, 2.24) is 10.2 Å². The van der Waals surface area contributed by atoms with Crippen LogP contribution in [0.2, 0.25) is 0 Å². The van der Waals surface area contributed by atoms with E-state index in [0.717, 1.165) is 5.56 Å². The Morgan fingerprint density at radius 3 is 2.42 bits per heavy atom. The van der Waals surface area contributed by atoms with Gasteiger partial charge in [-0.25, -0.2) is 0 Å². The van der Waals surface area contributed by atoms with Crippen LogP contribution in [0, 0.1) is 17.8 Å². The minimum Gasteiger partial charge on any atom is -0.497 e. The van der Waals surface area contributed by atoms with E-state index in [0.29, 0.717) is 37.2 Å². The lowest BCUT2D eigenvalue weighted by Crippen LogP contribution is -2.56. The van der Waals surface area contributed by atoms with Gasteiger partial charge in [-0.05, 0) is 61.9 Å². The molecule has 2 unspecified atom stereocenters. The van der Waals surface area contributed by atoms with E-state index in [1.165, 1.54) is 4.90 Å². The van der Waals surface area contributed by atoms with Crippen LogP contribution < -0.4 is 15.4 Å². The normalized spacial score (nSPS) is 29.4. The number of nitrogens with zero attached hydrogens (tertiary/aromatic N) is 1. The Bertz CT molecular complexity index is 1250. The zero-order valence-corrected chi connectivity index (χ0v) is 23.6. The van der Waals surface area contributed by atoms with E-state index in [4.69, 9.17) is 9.47 Å². The van der Waals surface area contributed by atoms with Gasteiger partial charge in [0, 0.05) is 12.2 Å². The zero-order valence-electron chi connectivity index (χ0n) is 23.6. The lowest BCUT2D eigenvalue weighted by Gasteiger charge is -2.37. The van der Waals surface area contributed by atoms with Gasteiger partial charge < -0.3 is 30.1 Å². The van der Waals surface area contributed by atoms with E-state index in [-0.39, 0.29) is 24.3 Å². The molecule has 3 amide bonds. The standard InChI is InChI=1S/C31H39N3O6/c1-19(2)16-22(18-35)34-26(28(37)33-21-10-12-23(39-4)13-11-21)31-15-14-30(3,40-31)24(25(31)29(34)38)27(36)32-17-20-8-6-5-7-9-20/h5-13,19,22,24-26,35H,14-18H2,1-4H3,(H,32,36)(H,33,37)/t22-,24+,25+,26?,30-,31?/m1/s1. The van der Waals surface area contributed by atoms with Crippen molar-refractivity contribution >= 4 is 23.4 Å². The number of anilines is 1. The van der Waals surface area contributed by atoms with Gasteiger partial charge in [-0.15, -0.1) is 0 Å². The van der Waals surface area contributed by atoms with E-state index < -0.39 is 41.0 Å². The highest BCUT2D eigenvalue weighted by Gasteiger charge is 2.78. The number of aliphatic hydroxyl groups is 1. The summed E-state index contributed by atoms with van der Waals surface area (Å²) in [5.41, 5.74) is -0.535. The van der Waals surface area contributed by atoms with Crippen LogP contribution in [0.1, 0.15) is 45.6 Å². The topological polar surface area (TPSA) is 117 Å². The van der Waals surface area contributed by atoms with Gasteiger partial charge in [-0.3, -0.25) is 14.4 Å². The van der Waals surface area contributed by atoms with Gasteiger partial charge in [0.2, 0.25) is 17.7 Å². The van der Waals surface area contributed by atoms with Crippen LogP contribution in [0.25, 0.3) is 0 Å². The molecular formula is C31H39N3O6. The van der Waals surface area contributed by atoms with Gasteiger partial charge >= 0.3 is 0 Å². The summed E-state index contributed by atoms with van der Waals surface area (Å²) < 4.78 is 11.9. The Morgan fingerprint density at radius 2 is 1.80 bits per heavy atom. The number of likely N-dealkylation sites (tertiary alicyclic amines) is 1. The van der Waals surface area contributed by atoms with Crippen LogP contribution >= 0.6 is 0 Å². The number of nitrogens with one attached hydrogen (secondary N) is 2. The summed E-state index contributed by atoms with van der Waals surface area (Å²) in [6, 6.07) is 15.0. The number of rotatable bonds is 10. The fraction of sp³-hybridized carbons (Fsp3) is 0.516. The molecule has 9 heteroatoms. The van der Waals surface area contributed by atoms with E-state index in [9.17, 15) is 19.5 Å². The van der Waals surface area contributed by atoms with E-state index in [1.807, 2.05) is 51.1 Å². The third kappa shape index (κ3) is 4.75. The second kappa shape index (κ2) is 10.9. The molecule has 1 spiro atoms. The number of hydrogen-bond acceptors (Lipinski definition) is 6. The molecular weight excluding hydrogens is 510 g/mol. The molecule has 2 aromatic carbocycles. The van der Waals surface area contributed by atoms with Crippen LogP contribution in [0.15, 0.2) is 54.6 Å². The predicted molar refractivity (Wildman–Crippen MR) is 149 cm³/mol. The quantitative estimate of drug-likeness (QED) is 0.419. The summed E-state index contributed by atoms with van der Waals surface area (Å²) in [4.78, 5) is 43.6. The third-order valence-electron chi connectivity index (χ3n) is 8.76. The first-order valence-electron chi connectivity index (χ1n) is 14.0. The number of hydrogen-bond donors (Lipinski definition) is 3. The van der Waals surface area contributed by atoms with Crippen LogP contribution in [0.4, 0.5) is 5.69 Å².